The van der Waals surface area contributed by atoms with E-state index in [-0.39, 0.29) is 5.41 Å². The molecule has 0 amide bonds. The molecule has 3 heteroatoms. The van der Waals surface area contributed by atoms with E-state index in [2.05, 4.69) is 79.7 Å². The van der Waals surface area contributed by atoms with Crippen LogP contribution in [0.1, 0.15) is 23.6 Å². The first-order chi connectivity index (χ1) is 11.1. The van der Waals surface area contributed by atoms with E-state index in [0.29, 0.717) is 0 Å². The molecule has 0 radical (unpaired) electrons. The lowest BCUT2D eigenvalue weighted by Gasteiger charge is -2.35. The summed E-state index contributed by atoms with van der Waals surface area (Å²) in [5, 5.41) is 4.72. The molecule has 1 aromatic heterocycles. The highest BCUT2D eigenvalue weighted by Gasteiger charge is 2.36. The van der Waals surface area contributed by atoms with Gasteiger partial charge in [-0.25, -0.2) is 4.68 Å². The third-order valence-corrected chi connectivity index (χ3v) is 5.65. The van der Waals surface area contributed by atoms with Crippen LogP contribution >= 0.6 is 12.6 Å². The molecule has 116 valence electrons. The van der Waals surface area contributed by atoms with Crippen molar-refractivity contribution in [2.45, 2.75) is 25.7 Å². The molecule has 0 spiro atoms. The van der Waals surface area contributed by atoms with Crippen molar-refractivity contribution in [2.24, 2.45) is 0 Å². The Labute approximate surface area is 142 Å². The molecule has 1 aliphatic carbocycles. The van der Waals surface area contributed by atoms with Crippen LogP contribution in [0.3, 0.4) is 0 Å². The van der Waals surface area contributed by atoms with Crippen LogP contribution in [-0.4, -0.2) is 15.5 Å². The number of hydrogen-bond donors (Lipinski definition) is 1. The fourth-order valence-electron chi connectivity index (χ4n) is 3.66. The highest BCUT2D eigenvalue weighted by Crippen LogP contribution is 2.44. The zero-order chi connectivity index (χ0) is 16.0. The molecule has 1 aliphatic rings. The summed E-state index contributed by atoms with van der Waals surface area (Å²) < 4.78 is 2.10. The van der Waals surface area contributed by atoms with Gasteiger partial charge in [0, 0.05) is 16.7 Å². The summed E-state index contributed by atoms with van der Waals surface area (Å²) in [6.45, 7) is 4.43. The van der Waals surface area contributed by atoms with Gasteiger partial charge in [0.25, 0.3) is 0 Å². The van der Waals surface area contributed by atoms with Gasteiger partial charge in [-0.2, -0.15) is 17.7 Å². The second-order valence-corrected chi connectivity index (χ2v) is 6.97. The first-order valence-corrected chi connectivity index (χ1v) is 8.61. The molecule has 0 bridgehead atoms. The average molecular weight is 320 g/mol. The summed E-state index contributed by atoms with van der Waals surface area (Å²) in [6.07, 6.45) is 3.01. The Hall–Kier alpha value is -2.00. The molecular weight excluding hydrogens is 300 g/mol. The van der Waals surface area contributed by atoms with Gasteiger partial charge in [-0.1, -0.05) is 49.4 Å². The number of thiol groups is 1. The highest BCUT2D eigenvalue weighted by molar-refractivity contribution is 7.80. The number of hydrogen-bond acceptors (Lipinski definition) is 2. The Balaban J connectivity index is 1.99. The lowest BCUT2D eigenvalue weighted by molar-refractivity contribution is 0.528. The maximum Gasteiger partial charge on any atom is 0.0776 e. The van der Waals surface area contributed by atoms with E-state index in [4.69, 9.17) is 5.10 Å². The fourth-order valence-corrected chi connectivity index (χ4v) is 3.94. The maximum absolute atomic E-state index is 4.72. The average Bonchev–Trinajstić information content (AvgIpc) is 2.99. The quantitative estimate of drug-likeness (QED) is 0.684. The lowest BCUT2D eigenvalue weighted by atomic mass is 9.72. The zero-order valence-electron chi connectivity index (χ0n) is 13.5. The Morgan fingerprint density at radius 3 is 2.65 bits per heavy atom. The van der Waals surface area contributed by atoms with Gasteiger partial charge >= 0.3 is 0 Å². The summed E-state index contributed by atoms with van der Waals surface area (Å²) >= 11 is 4.63. The van der Waals surface area contributed by atoms with Crippen molar-refractivity contribution in [1.29, 1.82) is 0 Å². The Bertz CT molecular complexity index is 881. The number of para-hydroxylation sites is 1. The molecule has 0 saturated heterocycles. The van der Waals surface area contributed by atoms with E-state index < -0.39 is 0 Å². The standard InChI is InChI=1S/C20H20N2S/c1-14-7-3-6-10-18(14)22-19-15(12-21-22)11-20(2,13-23)17-9-5-4-8-16(17)19/h3-10,12,23H,11,13H2,1-2H3. The minimum absolute atomic E-state index is 0.0618. The predicted molar refractivity (Wildman–Crippen MR) is 98.6 cm³/mol. The smallest absolute Gasteiger partial charge is 0.0776 e. The van der Waals surface area contributed by atoms with E-state index in [1.807, 2.05) is 6.20 Å². The molecule has 23 heavy (non-hydrogen) atoms. The SMILES string of the molecule is Cc1ccccc1-n1ncc2c1-c1ccccc1C(C)(CS)C2. The second-order valence-electron chi connectivity index (χ2n) is 6.66. The molecule has 2 aromatic carbocycles. The van der Waals surface area contributed by atoms with Crippen LogP contribution in [0.15, 0.2) is 54.7 Å². The third kappa shape index (κ3) is 2.14. The van der Waals surface area contributed by atoms with Gasteiger partial charge in [-0.15, -0.1) is 0 Å². The topological polar surface area (TPSA) is 17.8 Å². The first kappa shape index (κ1) is 14.6. The van der Waals surface area contributed by atoms with E-state index >= 15 is 0 Å². The maximum atomic E-state index is 4.72. The van der Waals surface area contributed by atoms with Gasteiger partial charge in [0.15, 0.2) is 0 Å². The van der Waals surface area contributed by atoms with Crippen LogP contribution in [0.5, 0.6) is 0 Å². The number of fused-ring (bicyclic) bond motifs is 3. The van der Waals surface area contributed by atoms with Crippen LogP contribution in [0.4, 0.5) is 0 Å². The molecule has 0 saturated carbocycles. The molecule has 3 aromatic rings. The molecular formula is C20H20N2S. The van der Waals surface area contributed by atoms with E-state index in [1.165, 1.54) is 27.9 Å². The summed E-state index contributed by atoms with van der Waals surface area (Å²) in [4.78, 5) is 0. The van der Waals surface area contributed by atoms with Crippen LogP contribution < -0.4 is 0 Å². The minimum Gasteiger partial charge on any atom is -0.233 e. The van der Waals surface area contributed by atoms with Crippen molar-refractivity contribution in [3.63, 3.8) is 0 Å². The Morgan fingerprint density at radius 1 is 1.13 bits per heavy atom. The van der Waals surface area contributed by atoms with Gasteiger partial charge in [-0.3, -0.25) is 0 Å². The predicted octanol–water partition coefficient (Wildman–Crippen LogP) is 4.59. The lowest BCUT2D eigenvalue weighted by Crippen LogP contribution is -2.31. The molecule has 1 atom stereocenters. The number of rotatable bonds is 2. The van der Waals surface area contributed by atoms with E-state index in [0.717, 1.165) is 17.9 Å². The number of benzene rings is 2. The van der Waals surface area contributed by atoms with Crippen LogP contribution in [-0.2, 0) is 11.8 Å². The van der Waals surface area contributed by atoms with Crippen molar-refractivity contribution >= 4 is 12.6 Å². The molecule has 0 fully saturated rings. The van der Waals surface area contributed by atoms with Gasteiger partial charge < -0.3 is 0 Å². The largest absolute Gasteiger partial charge is 0.233 e. The molecule has 0 aliphatic heterocycles. The summed E-state index contributed by atoms with van der Waals surface area (Å²) in [6, 6.07) is 17.1. The Morgan fingerprint density at radius 2 is 1.87 bits per heavy atom. The molecule has 4 rings (SSSR count). The third-order valence-electron chi connectivity index (χ3n) is 4.95. The van der Waals surface area contributed by atoms with E-state index in [1.54, 1.807) is 0 Å². The van der Waals surface area contributed by atoms with Crippen molar-refractivity contribution in [2.75, 3.05) is 5.75 Å². The van der Waals surface area contributed by atoms with Gasteiger partial charge in [0.05, 0.1) is 17.6 Å². The normalized spacial score (nSPS) is 19.3. The van der Waals surface area contributed by atoms with E-state index in [9.17, 15) is 0 Å². The van der Waals surface area contributed by atoms with Crippen LogP contribution in [0, 0.1) is 6.92 Å². The van der Waals surface area contributed by atoms with Crippen molar-refractivity contribution < 1.29 is 0 Å². The molecule has 1 unspecified atom stereocenters. The molecule has 2 nitrogen and oxygen atoms in total. The number of nitrogens with zero attached hydrogens (tertiary/aromatic N) is 2. The Kier molecular flexibility index (Phi) is 3.34. The van der Waals surface area contributed by atoms with Crippen molar-refractivity contribution in [1.82, 2.24) is 9.78 Å². The van der Waals surface area contributed by atoms with Crippen molar-refractivity contribution in [3.8, 4) is 16.9 Å². The number of aromatic nitrogens is 2. The summed E-state index contributed by atoms with van der Waals surface area (Å²) in [5.74, 6) is 0.832. The molecule has 0 N–H and O–H groups in total. The van der Waals surface area contributed by atoms with Crippen LogP contribution in [0.2, 0.25) is 0 Å². The zero-order valence-corrected chi connectivity index (χ0v) is 14.3. The van der Waals surface area contributed by atoms with Gasteiger partial charge in [0.2, 0.25) is 0 Å². The summed E-state index contributed by atoms with van der Waals surface area (Å²) in [5.41, 5.74) is 7.64. The first-order valence-electron chi connectivity index (χ1n) is 7.98. The van der Waals surface area contributed by atoms with Gasteiger partial charge in [0.1, 0.15) is 0 Å². The fraction of sp³-hybridized carbons (Fsp3) is 0.250. The highest BCUT2D eigenvalue weighted by atomic mass is 32.1. The monoisotopic (exact) mass is 320 g/mol. The van der Waals surface area contributed by atoms with Gasteiger partial charge in [-0.05, 0) is 36.1 Å². The number of aryl methyl sites for hydroxylation is 1. The van der Waals surface area contributed by atoms with Crippen LogP contribution in [0.25, 0.3) is 16.9 Å². The second kappa shape index (κ2) is 5.27. The minimum atomic E-state index is 0.0618. The van der Waals surface area contributed by atoms with Crippen molar-refractivity contribution in [3.05, 3.63) is 71.4 Å². The summed E-state index contributed by atoms with van der Waals surface area (Å²) in [7, 11) is 0. The molecule has 1 heterocycles.